The van der Waals surface area contributed by atoms with Gasteiger partial charge in [0.05, 0.1) is 4.47 Å². The van der Waals surface area contributed by atoms with Crippen molar-refractivity contribution in [3.63, 3.8) is 0 Å². The van der Waals surface area contributed by atoms with Crippen LogP contribution < -0.4 is 5.32 Å². The summed E-state index contributed by atoms with van der Waals surface area (Å²) in [6, 6.07) is 5.67. The summed E-state index contributed by atoms with van der Waals surface area (Å²) >= 11 is 3.20. The minimum Gasteiger partial charge on any atom is -0.310 e. The highest BCUT2D eigenvalue weighted by atomic mass is 79.9. The molecule has 2 atom stereocenters. The van der Waals surface area contributed by atoms with Crippen LogP contribution in [0.1, 0.15) is 51.6 Å². The molecule has 0 radical (unpaired) electrons. The average molecular weight is 316 g/mol. The molecular weight excluding hydrogens is 293 g/mol. The van der Waals surface area contributed by atoms with Gasteiger partial charge in [-0.15, -0.1) is 0 Å². The maximum atomic E-state index is 13.6. The fourth-order valence-electron chi connectivity index (χ4n) is 2.33. The van der Waals surface area contributed by atoms with Crippen molar-refractivity contribution < 1.29 is 4.39 Å². The average Bonchev–Trinajstić information content (AvgIpc) is 2.32. The molecule has 1 aromatic carbocycles. The number of hydrogen-bond donors (Lipinski definition) is 1. The zero-order valence-corrected chi connectivity index (χ0v) is 13.1. The maximum absolute atomic E-state index is 13.6. The second kappa shape index (κ2) is 7.90. The molecule has 0 aliphatic heterocycles. The first-order chi connectivity index (χ1) is 8.58. The minimum atomic E-state index is -0.182. The van der Waals surface area contributed by atoms with Crippen molar-refractivity contribution in [2.45, 2.75) is 46.1 Å². The fraction of sp³-hybridized carbons (Fsp3) is 0.600. The standard InChI is InChI=1S/C15H23BrFN/c1-4-6-11(3)9-15(18-5-2)12-7-8-13(16)14(17)10-12/h7-8,10-11,15,18H,4-6,9H2,1-3H3. The Morgan fingerprint density at radius 1 is 1.33 bits per heavy atom. The van der Waals surface area contributed by atoms with Crippen molar-refractivity contribution in [1.82, 2.24) is 5.32 Å². The molecule has 0 fully saturated rings. The van der Waals surface area contributed by atoms with Crippen LogP contribution in [0, 0.1) is 11.7 Å². The minimum absolute atomic E-state index is 0.182. The van der Waals surface area contributed by atoms with Crippen LogP contribution in [0.3, 0.4) is 0 Å². The largest absolute Gasteiger partial charge is 0.310 e. The van der Waals surface area contributed by atoms with Gasteiger partial charge in [-0.3, -0.25) is 0 Å². The Morgan fingerprint density at radius 3 is 2.61 bits per heavy atom. The van der Waals surface area contributed by atoms with Crippen LogP contribution in [0.5, 0.6) is 0 Å². The first-order valence-electron chi connectivity index (χ1n) is 6.76. The molecule has 1 N–H and O–H groups in total. The van der Waals surface area contributed by atoms with Crippen molar-refractivity contribution in [3.8, 4) is 0 Å². The molecule has 0 spiro atoms. The van der Waals surface area contributed by atoms with Crippen LogP contribution in [-0.4, -0.2) is 6.54 Å². The van der Waals surface area contributed by atoms with E-state index in [1.54, 1.807) is 12.1 Å². The van der Waals surface area contributed by atoms with Gasteiger partial charge in [0.15, 0.2) is 0 Å². The summed E-state index contributed by atoms with van der Waals surface area (Å²) in [4.78, 5) is 0. The van der Waals surface area contributed by atoms with E-state index in [0.29, 0.717) is 10.4 Å². The Hall–Kier alpha value is -0.410. The zero-order valence-electron chi connectivity index (χ0n) is 11.5. The van der Waals surface area contributed by atoms with Crippen LogP contribution in [-0.2, 0) is 0 Å². The maximum Gasteiger partial charge on any atom is 0.137 e. The molecule has 3 heteroatoms. The van der Waals surface area contributed by atoms with Gasteiger partial charge in [0.2, 0.25) is 0 Å². The number of benzene rings is 1. The number of hydrogen-bond acceptors (Lipinski definition) is 1. The van der Waals surface area contributed by atoms with E-state index >= 15 is 0 Å². The zero-order chi connectivity index (χ0) is 13.5. The third-order valence-corrected chi connectivity index (χ3v) is 3.86. The van der Waals surface area contributed by atoms with Crippen LogP contribution >= 0.6 is 15.9 Å². The summed E-state index contributed by atoms with van der Waals surface area (Å²) in [5, 5.41) is 3.45. The molecule has 18 heavy (non-hydrogen) atoms. The SMILES string of the molecule is CCCC(C)CC(NCC)c1ccc(Br)c(F)c1. The molecule has 0 heterocycles. The van der Waals surface area contributed by atoms with Gasteiger partial charge in [0.1, 0.15) is 5.82 Å². The molecule has 0 amide bonds. The van der Waals surface area contributed by atoms with E-state index in [9.17, 15) is 4.39 Å². The van der Waals surface area contributed by atoms with Crippen molar-refractivity contribution in [2.75, 3.05) is 6.54 Å². The lowest BCUT2D eigenvalue weighted by atomic mass is 9.93. The van der Waals surface area contributed by atoms with Crippen molar-refractivity contribution in [3.05, 3.63) is 34.1 Å². The van der Waals surface area contributed by atoms with Gasteiger partial charge in [0.25, 0.3) is 0 Å². The lowest BCUT2D eigenvalue weighted by Crippen LogP contribution is -2.23. The molecule has 0 aliphatic carbocycles. The second-order valence-electron chi connectivity index (χ2n) is 4.91. The Kier molecular flexibility index (Phi) is 6.87. The van der Waals surface area contributed by atoms with Crippen LogP contribution in [0.2, 0.25) is 0 Å². The quantitative estimate of drug-likeness (QED) is 0.741. The van der Waals surface area contributed by atoms with Gasteiger partial charge in [-0.25, -0.2) is 4.39 Å². The third kappa shape index (κ3) is 4.69. The van der Waals surface area contributed by atoms with E-state index in [0.717, 1.165) is 18.5 Å². The highest BCUT2D eigenvalue weighted by Gasteiger charge is 2.15. The lowest BCUT2D eigenvalue weighted by Gasteiger charge is -2.22. The van der Waals surface area contributed by atoms with E-state index < -0.39 is 0 Å². The Balaban J connectivity index is 2.79. The number of rotatable bonds is 7. The summed E-state index contributed by atoms with van der Waals surface area (Å²) in [6.07, 6.45) is 3.48. The molecule has 0 aromatic heterocycles. The van der Waals surface area contributed by atoms with Gasteiger partial charge in [0, 0.05) is 6.04 Å². The molecular formula is C15H23BrFN. The predicted molar refractivity (Wildman–Crippen MR) is 79.2 cm³/mol. The smallest absolute Gasteiger partial charge is 0.137 e. The Bertz CT molecular complexity index is 368. The summed E-state index contributed by atoms with van der Waals surface area (Å²) in [6.45, 7) is 7.47. The summed E-state index contributed by atoms with van der Waals surface area (Å²) < 4.78 is 14.1. The molecule has 0 aliphatic rings. The first kappa shape index (κ1) is 15.6. The summed E-state index contributed by atoms with van der Waals surface area (Å²) in [7, 11) is 0. The Morgan fingerprint density at radius 2 is 2.06 bits per heavy atom. The van der Waals surface area contributed by atoms with E-state index in [1.165, 1.54) is 12.8 Å². The van der Waals surface area contributed by atoms with Crippen LogP contribution in [0.15, 0.2) is 22.7 Å². The molecule has 0 bridgehead atoms. The first-order valence-corrected chi connectivity index (χ1v) is 7.56. The van der Waals surface area contributed by atoms with Crippen molar-refractivity contribution in [2.24, 2.45) is 5.92 Å². The molecule has 0 saturated carbocycles. The van der Waals surface area contributed by atoms with Gasteiger partial charge in [-0.1, -0.05) is 39.7 Å². The highest BCUT2D eigenvalue weighted by Crippen LogP contribution is 2.26. The summed E-state index contributed by atoms with van der Waals surface area (Å²) in [5.74, 6) is 0.476. The topological polar surface area (TPSA) is 12.0 Å². The highest BCUT2D eigenvalue weighted by molar-refractivity contribution is 9.10. The molecule has 0 saturated heterocycles. The number of nitrogens with one attached hydrogen (secondary N) is 1. The van der Waals surface area contributed by atoms with E-state index in [-0.39, 0.29) is 11.9 Å². The van der Waals surface area contributed by atoms with E-state index in [2.05, 4.69) is 42.0 Å². The molecule has 1 rings (SSSR count). The predicted octanol–water partition coefficient (Wildman–Crippen LogP) is 5.07. The summed E-state index contributed by atoms with van der Waals surface area (Å²) in [5.41, 5.74) is 1.04. The third-order valence-electron chi connectivity index (χ3n) is 3.22. The van der Waals surface area contributed by atoms with Crippen molar-refractivity contribution in [1.29, 1.82) is 0 Å². The molecule has 1 aromatic rings. The van der Waals surface area contributed by atoms with Gasteiger partial charge >= 0.3 is 0 Å². The van der Waals surface area contributed by atoms with Crippen LogP contribution in [0.4, 0.5) is 4.39 Å². The Labute approximate surface area is 118 Å². The van der Waals surface area contributed by atoms with Crippen LogP contribution in [0.25, 0.3) is 0 Å². The fourth-order valence-corrected chi connectivity index (χ4v) is 2.57. The van der Waals surface area contributed by atoms with Gasteiger partial charge < -0.3 is 5.32 Å². The van der Waals surface area contributed by atoms with Crippen molar-refractivity contribution >= 4 is 15.9 Å². The number of halogens is 2. The van der Waals surface area contributed by atoms with E-state index in [1.807, 2.05) is 6.07 Å². The normalized spacial score (nSPS) is 14.5. The monoisotopic (exact) mass is 315 g/mol. The van der Waals surface area contributed by atoms with E-state index in [4.69, 9.17) is 0 Å². The molecule has 1 nitrogen and oxygen atoms in total. The van der Waals surface area contributed by atoms with Gasteiger partial charge in [-0.05, 0) is 52.5 Å². The molecule has 2 unspecified atom stereocenters. The second-order valence-corrected chi connectivity index (χ2v) is 5.77. The molecule has 102 valence electrons. The lowest BCUT2D eigenvalue weighted by molar-refractivity contribution is 0.394. The van der Waals surface area contributed by atoms with Gasteiger partial charge in [-0.2, -0.15) is 0 Å².